The number of halogens is 1. The van der Waals surface area contributed by atoms with E-state index in [-0.39, 0.29) is 29.3 Å². The highest BCUT2D eigenvalue weighted by molar-refractivity contribution is 5.98. The second-order valence-corrected chi connectivity index (χ2v) is 10.0. The van der Waals surface area contributed by atoms with Crippen LogP contribution in [0.4, 0.5) is 4.39 Å². The highest BCUT2D eigenvalue weighted by Gasteiger charge is 2.19. The summed E-state index contributed by atoms with van der Waals surface area (Å²) in [6.45, 7) is 3.87. The van der Waals surface area contributed by atoms with Gasteiger partial charge in [-0.15, -0.1) is 0 Å². The van der Waals surface area contributed by atoms with Gasteiger partial charge in [-0.2, -0.15) is 0 Å². The molecule has 220 valence electrons. The molecule has 10 heteroatoms. The Morgan fingerprint density at radius 3 is 2.30 bits per heavy atom. The normalized spacial score (nSPS) is 11.0. The topological polar surface area (TPSA) is 102 Å². The number of ether oxygens (including phenoxy) is 4. The summed E-state index contributed by atoms with van der Waals surface area (Å²) in [6.07, 6.45) is 6.26. The first-order chi connectivity index (χ1) is 20.7. The second kappa shape index (κ2) is 12.3. The van der Waals surface area contributed by atoms with Crippen molar-refractivity contribution in [3.05, 3.63) is 101 Å². The van der Waals surface area contributed by atoms with Crippen molar-refractivity contribution in [2.45, 2.75) is 26.3 Å². The molecule has 0 spiro atoms. The van der Waals surface area contributed by atoms with E-state index in [4.69, 9.17) is 18.9 Å². The lowest BCUT2D eigenvalue weighted by molar-refractivity contribution is 0.0990. The summed E-state index contributed by atoms with van der Waals surface area (Å²) in [5, 5.41) is 0.722. The van der Waals surface area contributed by atoms with Crippen LogP contribution < -0.4 is 24.4 Å². The third-order valence-electron chi connectivity index (χ3n) is 6.98. The number of carbonyl (C=O) groups is 1. The zero-order valence-electron chi connectivity index (χ0n) is 24.4. The molecule has 9 nitrogen and oxygen atoms in total. The Bertz CT molecular complexity index is 1870. The molecule has 3 aromatic heterocycles. The van der Waals surface area contributed by atoms with Gasteiger partial charge in [-0.25, -0.2) is 4.39 Å². The molecule has 0 amide bonds. The van der Waals surface area contributed by atoms with Crippen LogP contribution in [0, 0.1) is 5.82 Å². The van der Waals surface area contributed by atoms with E-state index in [9.17, 15) is 14.0 Å². The lowest BCUT2D eigenvalue weighted by Gasteiger charge is -2.15. The molecular weight excluding hydrogens is 553 g/mol. The van der Waals surface area contributed by atoms with E-state index in [0.29, 0.717) is 39.8 Å². The van der Waals surface area contributed by atoms with Crippen LogP contribution in [0.15, 0.2) is 78.1 Å². The summed E-state index contributed by atoms with van der Waals surface area (Å²) < 4.78 is 37.8. The molecule has 3 heterocycles. The van der Waals surface area contributed by atoms with E-state index < -0.39 is 17.0 Å². The fraction of sp³-hybridized carbons (Fsp3) is 0.212. The predicted octanol–water partition coefficient (Wildman–Crippen LogP) is 6.42. The van der Waals surface area contributed by atoms with Crippen LogP contribution in [-0.2, 0) is 6.42 Å². The van der Waals surface area contributed by atoms with E-state index in [2.05, 4.69) is 9.97 Å². The molecule has 43 heavy (non-hydrogen) atoms. The molecule has 0 aliphatic heterocycles. The Hall–Kier alpha value is -5.25. The van der Waals surface area contributed by atoms with Crippen molar-refractivity contribution in [1.82, 2.24) is 14.5 Å². The first-order valence-electron chi connectivity index (χ1n) is 13.5. The summed E-state index contributed by atoms with van der Waals surface area (Å²) in [5.74, 6) is 1.16. The number of pyridine rings is 3. The monoisotopic (exact) mass is 583 g/mol. The van der Waals surface area contributed by atoms with Crippen molar-refractivity contribution in [3.8, 4) is 39.9 Å². The number of ketones is 1. The maximum Gasteiger partial charge on any atom is 0.200 e. The summed E-state index contributed by atoms with van der Waals surface area (Å²) in [5.41, 5.74) is 1.42. The molecular formula is C33H30FN3O6. The Balaban J connectivity index is 1.40. The third-order valence-corrected chi connectivity index (χ3v) is 6.98. The number of Topliss-reactive ketones (excluding diaryl/α,β-unsaturated/α-hetero) is 1. The van der Waals surface area contributed by atoms with E-state index in [1.165, 1.54) is 31.5 Å². The number of nitrogens with zero attached hydrogens (tertiary/aromatic N) is 3. The second-order valence-electron chi connectivity index (χ2n) is 10.0. The minimum atomic E-state index is -0.543. The summed E-state index contributed by atoms with van der Waals surface area (Å²) in [7, 11) is 4.46. The van der Waals surface area contributed by atoms with Gasteiger partial charge >= 0.3 is 0 Å². The highest BCUT2D eigenvalue weighted by Crippen LogP contribution is 2.36. The standard InChI is InChI=1S/C33H30FN3O6/c1-19(2)37-17-24(20-6-9-26(34)30(12-20)40-3)33(39)25(18-37)28(38)13-21-7-8-22(16-36-21)43-29-10-11-35-27-15-32(42-5)31(41-4)14-23(27)29/h6-12,14-19H,13H2,1-5H3. The molecule has 0 radical (unpaired) electrons. The number of aromatic nitrogens is 3. The van der Waals surface area contributed by atoms with Crippen molar-refractivity contribution < 1.29 is 28.1 Å². The SMILES string of the molecule is COc1cc(-c2cn(C(C)C)cc(C(=O)Cc3ccc(Oc4ccnc5cc(OC)c(OC)cc45)cn3)c2=O)ccc1F. The van der Waals surface area contributed by atoms with E-state index >= 15 is 0 Å². The van der Waals surface area contributed by atoms with E-state index in [1.54, 1.807) is 67.7 Å². The van der Waals surface area contributed by atoms with Gasteiger partial charge in [0.1, 0.15) is 11.5 Å². The van der Waals surface area contributed by atoms with E-state index in [0.717, 1.165) is 5.39 Å². The first kappa shape index (κ1) is 29.2. The largest absolute Gasteiger partial charge is 0.494 e. The van der Waals surface area contributed by atoms with Crippen molar-refractivity contribution in [3.63, 3.8) is 0 Å². The van der Waals surface area contributed by atoms with Crippen molar-refractivity contribution in [1.29, 1.82) is 0 Å². The number of carbonyl (C=O) groups excluding carboxylic acids is 1. The number of hydrogen-bond donors (Lipinski definition) is 0. The maximum atomic E-state index is 14.0. The molecule has 0 bridgehead atoms. The van der Waals surface area contributed by atoms with Gasteiger partial charge in [0, 0.05) is 47.3 Å². The molecule has 0 aliphatic rings. The minimum absolute atomic E-state index is 0.00913. The number of benzene rings is 2. The van der Waals surface area contributed by atoms with Gasteiger partial charge < -0.3 is 23.5 Å². The Labute approximate surface area is 247 Å². The Morgan fingerprint density at radius 1 is 0.884 bits per heavy atom. The molecule has 0 aliphatic carbocycles. The van der Waals surface area contributed by atoms with Gasteiger partial charge in [0.2, 0.25) is 0 Å². The van der Waals surface area contributed by atoms with Crippen LogP contribution in [0.3, 0.4) is 0 Å². The molecule has 0 atom stereocenters. The smallest absolute Gasteiger partial charge is 0.200 e. The average Bonchev–Trinajstić information content (AvgIpc) is 3.01. The quantitative estimate of drug-likeness (QED) is 0.174. The first-order valence-corrected chi connectivity index (χ1v) is 13.5. The summed E-state index contributed by atoms with van der Waals surface area (Å²) in [4.78, 5) is 35.7. The number of fused-ring (bicyclic) bond motifs is 1. The van der Waals surface area contributed by atoms with Crippen LogP contribution in [0.25, 0.3) is 22.0 Å². The summed E-state index contributed by atoms with van der Waals surface area (Å²) >= 11 is 0. The van der Waals surface area contributed by atoms with Gasteiger partial charge in [0.25, 0.3) is 0 Å². The van der Waals surface area contributed by atoms with Gasteiger partial charge in [-0.3, -0.25) is 19.6 Å². The fourth-order valence-electron chi connectivity index (χ4n) is 4.63. The molecule has 2 aromatic carbocycles. The lowest BCUT2D eigenvalue weighted by Crippen LogP contribution is -2.22. The average molecular weight is 584 g/mol. The Kier molecular flexibility index (Phi) is 8.38. The lowest BCUT2D eigenvalue weighted by atomic mass is 10.0. The molecule has 0 saturated carbocycles. The molecule has 0 saturated heterocycles. The van der Waals surface area contributed by atoms with Gasteiger partial charge in [-0.05, 0) is 55.8 Å². The van der Waals surface area contributed by atoms with Crippen molar-refractivity contribution in [2.24, 2.45) is 0 Å². The molecule has 5 aromatic rings. The van der Waals surface area contributed by atoms with Gasteiger partial charge in [0.15, 0.2) is 34.3 Å². The number of methoxy groups -OCH3 is 3. The third kappa shape index (κ3) is 6.04. The molecule has 0 N–H and O–H groups in total. The van der Waals surface area contributed by atoms with Crippen LogP contribution >= 0.6 is 0 Å². The van der Waals surface area contributed by atoms with Gasteiger partial charge in [0.05, 0.1) is 45.0 Å². The van der Waals surface area contributed by atoms with Crippen molar-refractivity contribution in [2.75, 3.05) is 21.3 Å². The molecule has 0 fully saturated rings. The fourth-order valence-corrected chi connectivity index (χ4v) is 4.63. The van der Waals surface area contributed by atoms with Crippen LogP contribution in [0.2, 0.25) is 0 Å². The maximum absolute atomic E-state index is 14.0. The minimum Gasteiger partial charge on any atom is -0.494 e. The summed E-state index contributed by atoms with van der Waals surface area (Å²) in [6, 6.07) is 12.8. The van der Waals surface area contributed by atoms with Crippen LogP contribution in [-0.4, -0.2) is 41.6 Å². The van der Waals surface area contributed by atoms with E-state index in [1.807, 2.05) is 13.8 Å². The number of rotatable bonds is 10. The highest BCUT2D eigenvalue weighted by atomic mass is 19.1. The number of hydrogen-bond acceptors (Lipinski definition) is 8. The van der Waals surface area contributed by atoms with Gasteiger partial charge in [-0.1, -0.05) is 6.07 Å². The Morgan fingerprint density at radius 2 is 1.63 bits per heavy atom. The van der Waals surface area contributed by atoms with Crippen LogP contribution in [0.5, 0.6) is 28.7 Å². The molecule has 0 unspecified atom stereocenters. The van der Waals surface area contributed by atoms with Crippen LogP contribution in [0.1, 0.15) is 35.9 Å². The predicted molar refractivity (Wildman–Crippen MR) is 160 cm³/mol. The zero-order valence-corrected chi connectivity index (χ0v) is 24.4. The van der Waals surface area contributed by atoms with Crippen molar-refractivity contribution >= 4 is 16.7 Å². The zero-order chi connectivity index (χ0) is 30.7. The molecule has 5 rings (SSSR count).